The van der Waals surface area contributed by atoms with Crippen molar-refractivity contribution in [3.63, 3.8) is 0 Å². The first-order chi connectivity index (χ1) is 8.58. The van der Waals surface area contributed by atoms with Crippen LogP contribution in [0.25, 0.3) is 0 Å². The van der Waals surface area contributed by atoms with Crippen LogP contribution in [0.15, 0.2) is 30.5 Å². The lowest BCUT2D eigenvalue weighted by atomic mass is 10.2. The number of nitrogens with two attached hydrogens (primary N) is 1. The maximum atomic E-state index is 12.9. The Hall–Kier alpha value is -2.37. The first kappa shape index (κ1) is 12.1. The summed E-state index contributed by atoms with van der Waals surface area (Å²) in [5.74, 6) is -0.362. The molecule has 0 bridgehead atoms. The maximum absolute atomic E-state index is 12.9. The Morgan fingerprint density at radius 3 is 2.94 bits per heavy atom. The summed E-state index contributed by atoms with van der Waals surface area (Å²) in [4.78, 5) is 11.8. The average Bonchev–Trinajstić information content (AvgIpc) is 2.67. The molecule has 1 amide bonds. The molecule has 0 spiro atoms. The van der Waals surface area contributed by atoms with E-state index in [1.54, 1.807) is 19.2 Å². The fourth-order valence-corrected chi connectivity index (χ4v) is 1.55. The van der Waals surface area contributed by atoms with E-state index in [9.17, 15) is 9.18 Å². The second-order valence-electron chi connectivity index (χ2n) is 3.88. The molecule has 6 heteroatoms. The molecule has 2 rings (SSSR count). The number of anilines is 1. The number of halogens is 1. The van der Waals surface area contributed by atoms with E-state index in [0.717, 1.165) is 0 Å². The Bertz CT molecular complexity index is 579. The van der Waals surface area contributed by atoms with Crippen LogP contribution in [-0.2, 0) is 13.6 Å². The van der Waals surface area contributed by atoms with Crippen molar-refractivity contribution in [2.45, 2.75) is 6.54 Å². The zero-order chi connectivity index (χ0) is 13.1. The largest absolute Gasteiger partial charge is 0.383 e. The van der Waals surface area contributed by atoms with Crippen LogP contribution in [0.3, 0.4) is 0 Å². The average molecular weight is 248 g/mol. The summed E-state index contributed by atoms with van der Waals surface area (Å²) in [5, 5.41) is 6.53. The molecule has 94 valence electrons. The number of amides is 1. The number of carbonyl (C=O) groups excluding carboxylic acids is 1. The molecule has 1 heterocycles. The minimum atomic E-state index is -0.331. The highest BCUT2D eigenvalue weighted by Crippen LogP contribution is 2.09. The van der Waals surface area contributed by atoms with Gasteiger partial charge in [-0.15, -0.1) is 0 Å². The lowest BCUT2D eigenvalue weighted by Gasteiger charge is -2.05. The molecule has 5 nitrogen and oxygen atoms in total. The fraction of sp³-hybridized carbons (Fsp3) is 0.167. The molecule has 18 heavy (non-hydrogen) atoms. The quantitative estimate of drug-likeness (QED) is 0.853. The molecule has 0 aliphatic heterocycles. The van der Waals surface area contributed by atoms with Crippen LogP contribution >= 0.6 is 0 Å². The number of aryl methyl sites for hydroxylation is 1. The van der Waals surface area contributed by atoms with E-state index in [2.05, 4.69) is 10.4 Å². The van der Waals surface area contributed by atoms with Gasteiger partial charge < -0.3 is 11.1 Å². The van der Waals surface area contributed by atoms with Gasteiger partial charge in [0.25, 0.3) is 5.91 Å². The van der Waals surface area contributed by atoms with Gasteiger partial charge in [-0.2, -0.15) is 5.10 Å². The molecule has 0 atom stereocenters. The molecule has 1 aromatic carbocycles. The van der Waals surface area contributed by atoms with Gasteiger partial charge in [0.15, 0.2) is 0 Å². The topological polar surface area (TPSA) is 72.9 Å². The van der Waals surface area contributed by atoms with Crippen molar-refractivity contribution in [2.75, 3.05) is 5.73 Å². The monoisotopic (exact) mass is 248 g/mol. The fourth-order valence-electron chi connectivity index (χ4n) is 1.55. The standard InChI is InChI=1S/C12H13FN4O/c1-17-11(14)10(7-16-17)12(18)15-6-8-3-2-4-9(13)5-8/h2-5,7H,6,14H2,1H3,(H,15,18). The van der Waals surface area contributed by atoms with Gasteiger partial charge in [-0.3, -0.25) is 9.48 Å². The number of hydrogen-bond acceptors (Lipinski definition) is 3. The zero-order valence-corrected chi connectivity index (χ0v) is 9.85. The van der Waals surface area contributed by atoms with Gasteiger partial charge in [0.05, 0.1) is 6.20 Å². The molecule has 0 aliphatic carbocycles. The van der Waals surface area contributed by atoms with E-state index < -0.39 is 0 Å². The van der Waals surface area contributed by atoms with Crippen LogP contribution < -0.4 is 11.1 Å². The van der Waals surface area contributed by atoms with E-state index in [-0.39, 0.29) is 18.3 Å². The van der Waals surface area contributed by atoms with Gasteiger partial charge in [0.2, 0.25) is 0 Å². The molecule has 0 aliphatic rings. The summed E-state index contributed by atoms with van der Waals surface area (Å²) >= 11 is 0. The number of rotatable bonds is 3. The Balaban J connectivity index is 2.03. The van der Waals surface area contributed by atoms with Crippen LogP contribution in [0, 0.1) is 5.82 Å². The van der Waals surface area contributed by atoms with Crippen LogP contribution in [0.1, 0.15) is 15.9 Å². The molecular weight excluding hydrogens is 235 g/mol. The molecule has 1 aromatic heterocycles. The third-order valence-corrected chi connectivity index (χ3v) is 2.57. The van der Waals surface area contributed by atoms with Crippen LogP contribution in [0.4, 0.5) is 10.2 Å². The highest BCUT2D eigenvalue weighted by Gasteiger charge is 2.13. The number of benzene rings is 1. The molecule has 0 unspecified atom stereocenters. The van der Waals surface area contributed by atoms with Gasteiger partial charge in [-0.1, -0.05) is 12.1 Å². The van der Waals surface area contributed by atoms with E-state index >= 15 is 0 Å². The molecule has 2 aromatic rings. The molecule has 0 saturated heterocycles. The van der Waals surface area contributed by atoms with E-state index in [0.29, 0.717) is 16.9 Å². The Kier molecular flexibility index (Phi) is 3.27. The number of nitrogen functional groups attached to an aromatic ring is 1. The van der Waals surface area contributed by atoms with Crippen molar-refractivity contribution < 1.29 is 9.18 Å². The number of carbonyl (C=O) groups is 1. The Morgan fingerprint density at radius 2 is 2.33 bits per heavy atom. The van der Waals surface area contributed by atoms with Crippen molar-refractivity contribution in [3.8, 4) is 0 Å². The van der Waals surface area contributed by atoms with Crippen molar-refractivity contribution in [3.05, 3.63) is 47.4 Å². The van der Waals surface area contributed by atoms with Gasteiger partial charge in [-0.25, -0.2) is 4.39 Å². The van der Waals surface area contributed by atoms with Crippen LogP contribution in [0.5, 0.6) is 0 Å². The number of hydrogen-bond donors (Lipinski definition) is 2. The predicted octanol–water partition coefficient (Wildman–Crippen LogP) is 1.07. The minimum absolute atomic E-state index is 0.241. The van der Waals surface area contributed by atoms with Gasteiger partial charge in [0, 0.05) is 13.6 Å². The van der Waals surface area contributed by atoms with E-state index in [1.165, 1.54) is 23.0 Å². The maximum Gasteiger partial charge on any atom is 0.256 e. The summed E-state index contributed by atoms with van der Waals surface area (Å²) in [7, 11) is 1.65. The Morgan fingerprint density at radius 1 is 1.56 bits per heavy atom. The molecule has 0 saturated carbocycles. The van der Waals surface area contributed by atoms with Crippen LogP contribution in [0.2, 0.25) is 0 Å². The van der Waals surface area contributed by atoms with Crippen molar-refractivity contribution in [2.24, 2.45) is 7.05 Å². The summed E-state index contributed by atoms with van der Waals surface area (Å²) in [6.45, 7) is 0.241. The SMILES string of the molecule is Cn1ncc(C(=O)NCc2cccc(F)c2)c1N. The van der Waals surface area contributed by atoms with E-state index in [1.807, 2.05) is 0 Å². The third-order valence-electron chi connectivity index (χ3n) is 2.57. The van der Waals surface area contributed by atoms with Crippen molar-refractivity contribution in [1.82, 2.24) is 15.1 Å². The van der Waals surface area contributed by atoms with Gasteiger partial charge >= 0.3 is 0 Å². The predicted molar refractivity (Wildman–Crippen MR) is 65.2 cm³/mol. The number of nitrogens with one attached hydrogen (secondary N) is 1. The smallest absolute Gasteiger partial charge is 0.256 e. The summed E-state index contributed by atoms with van der Waals surface area (Å²) in [5.41, 5.74) is 6.68. The molecule has 0 radical (unpaired) electrons. The van der Waals surface area contributed by atoms with Gasteiger partial charge in [0.1, 0.15) is 17.2 Å². The lowest BCUT2D eigenvalue weighted by molar-refractivity contribution is 0.0951. The van der Waals surface area contributed by atoms with Crippen molar-refractivity contribution >= 4 is 11.7 Å². The van der Waals surface area contributed by atoms with Crippen molar-refractivity contribution in [1.29, 1.82) is 0 Å². The lowest BCUT2D eigenvalue weighted by Crippen LogP contribution is -2.23. The minimum Gasteiger partial charge on any atom is -0.383 e. The van der Waals surface area contributed by atoms with Gasteiger partial charge in [-0.05, 0) is 17.7 Å². The number of aromatic nitrogens is 2. The first-order valence-electron chi connectivity index (χ1n) is 5.38. The molecular formula is C12H13FN4O. The zero-order valence-electron chi connectivity index (χ0n) is 9.85. The van der Waals surface area contributed by atoms with E-state index in [4.69, 9.17) is 5.73 Å². The first-order valence-corrected chi connectivity index (χ1v) is 5.38. The highest BCUT2D eigenvalue weighted by atomic mass is 19.1. The summed E-state index contributed by atoms with van der Waals surface area (Å²) in [6.07, 6.45) is 1.40. The normalized spacial score (nSPS) is 10.3. The number of nitrogens with zero attached hydrogens (tertiary/aromatic N) is 2. The highest BCUT2D eigenvalue weighted by molar-refractivity contribution is 5.98. The third kappa shape index (κ3) is 2.48. The molecule has 3 N–H and O–H groups in total. The molecule has 0 fully saturated rings. The summed E-state index contributed by atoms with van der Waals surface area (Å²) in [6, 6.07) is 6.04. The van der Waals surface area contributed by atoms with Crippen LogP contribution in [-0.4, -0.2) is 15.7 Å². The Labute approximate surface area is 103 Å². The summed E-state index contributed by atoms with van der Waals surface area (Å²) < 4.78 is 14.3. The second kappa shape index (κ2) is 4.87. The second-order valence-corrected chi connectivity index (χ2v) is 3.88.